The number of carbonyl (C=O) groups excluding carboxylic acids is 1. The van der Waals surface area contributed by atoms with Crippen molar-refractivity contribution >= 4 is 18.3 Å². The number of hydrogen-bond donors (Lipinski definition) is 2. The van der Waals surface area contributed by atoms with Crippen molar-refractivity contribution in [3.63, 3.8) is 0 Å². The predicted molar refractivity (Wildman–Crippen MR) is 99.7 cm³/mol. The van der Waals surface area contributed by atoms with Crippen molar-refractivity contribution in [2.45, 2.75) is 51.1 Å². The third-order valence-corrected chi connectivity index (χ3v) is 4.65. The van der Waals surface area contributed by atoms with E-state index < -0.39 is 0 Å². The van der Waals surface area contributed by atoms with Gasteiger partial charge >= 0.3 is 0 Å². The summed E-state index contributed by atoms with van der Waals surface area (Å²) in [6.45, 7) is 4.75. The Morgan fingerprint density at radius 3 is 2.68 bits per heavy atom. The molecule has 1 aromatic carbocycles. The molecule has 0 spiro atoms. The van der Waals surface area contributed by atoms with E-state index in [0.717, 1.165) is 30.7 Å². The second-order valence-corrected chi connectivity index (χ2v) is 6.70. The third-order valence-electron chi connectivity index (χ3n) is 4.65. The number of aryl methyl sites for hydroxylation is 1. The van der Waals surface area contributed by atoms with Crippen molar-refractivity contribution in [1.82, 2.24) is 20.1 Å². The molecule has 0 saturated heterocycles. The highest BCUT2D eigenvalue weighted by molar-refractivity contribution is 5.85. The number of amides is 1. The van der Waals surface area contributed by atoms with Crippen molar-refractivity contribution < 1.29 is 4.79 Å². The summed E-state index contributed by atoms with van der Waals surface area (Å²) in [4.78, 5) is 16.7. The smallest absolute Gasteiger partial charge is 0.245 e. The van der Waals surface area contributed by atoms with E-state index in [1.165, 1.54) is 11.9 Å². The minimum Gasteiger partial charge on any atom is -0.352 e. The van der Waals surface area contributed by atoms with Crippen LogP contribution in [0.4, 0.5) is 0 Å². The lowest BCUT2D eigenvalue weighted by Gasteiger charge is -2.23. The Bertz CT molecular complexity index is 698. The van der Waals surface area contributed by atoms with E-state index in [2.05, 4.69) is 41.4 Å². The number of nitrogens with two attached hydrogens (primary N) is 1. The number of nitrogens with one attached hydrogen (secondary N) is 1. The van der Waals surface area contributed by atoms with E-state index >= 15 is 0 Å². The van der Waals surface area contributed by atoms with Crippen LogP contribution in [0.2, 0.25) is 0 Å². The predicted octanol–water partition coefficient (Wildman–Crippen LogP) is 2.52. The fourth-order valence-electron chi connectivity index (χ4n) is 3.11. The molecule has 7 heteroatoms. The highest BCUT2D eigenvalue weighted by Gasteiger charge is 2.27. The van der Waals surface area contributed by atoms with Gasteiger partial charge < -0.3 is 11.1 Å². The van der Waals surface area contributed by atoms with Gasteiger partial charge in [-0.05, 0) is 29.9 Å². The fraction of sp³-hybridized carbons (Fsp3) is 0.500. The van der Waals surface area contributed by atoms with Crippen LogP contribution in [0.25, 0.3) is 0 Å². The van der Waals surface area contributed by atoms with Gasteiger partial charge in [0.15, 0.2) is 0 Å². The SMILES string of the molecule is CC(C)c1ccc(C(N)CNC(=O)C2CCCc3ncnn32)cc1.Cl. The van der Waals surface area contributed by atoms with Gasteiger partial charge in [0.2, 0.25) is 5.91 Å². The molecular formula is C18H26ClN5O. The summed E-state index contributed by atoms with van der Waals surface area (Å²) < 4.78 is 1.74. The Labute approximate surface area is 154 Å². The maximum atomic E-state index is 12.5. The number of carbonyl (C=O) groups is 1. The molecule has 0 fully saturated rings. The molecule has 136 valence electrons. The van der Waals surface area contributed by atoms with E-state index in [1.54, 1.807) is 4.68 Å². The summed E-state index contributed by atoms with van der Waals surface area (Å²) in [5.41, 5.74) is 8.54. The molecule has 3 rings (SSSR count). The number of benzene rings is 1. The highest BCUT2D eigenvalue weighted by Crippen LogP contribution is 2.22. The van der Waals surface area contributed by atoms with Crippen LogP contribution in [0.15, 0.2) is 30.6 Å². The maximum absolute atomic E-state index is 12.5. The van der Waals surface area contributed by atoms with Gasteiger partial charge in [-0.15, -0.1) is 12.4 Å². The zero-order valence-electron chi connectivity index (χ0n) is 14.7. The molecule has 2 unspecified atom stereocenters. The van der Waals surface area contributed by atoms with E-state index in [1.807, 2.05) is 12.1 Å². The molecule has 0 radical (unpaired) electrons. The Hall–Kier alpha value is -1.92. The van der Waals surface area contributed by atoms with E-state index in [0.29, 0.717) is 12.5 Å². The number of halogens is 1. The minimum atomic E-state index is -0.272. The first-order valence-corrected chi connectivity index (χ1v) is 8.57. The summed E-state index contributed by atoms with van der Waals surface area (Å²) in [7, 11) is 0. The van der Waals surface area contributed by atoms with Crippen LogP contribution in [0, 0.1) is 0 Å². The Morgan fingerprint density at radius 1 is 1.32 bits per heavy atom. The lowest BCUT2D eigenvalue weighted by atomic mass is 9.99. The Balaban J connectivity index is 0.00000225. The summed E-state index contributed by atoms with van der Waals surface area (Å²) in [5.74, 6) is 1.35. The molecule has 0 saturated carbocycles. The van der Waals surface area contributed by atoms with Crippen LogP contribution in [0.5, 0.6) is 0 Å². The maximum Gasteiger partial charge on any atom is 0.245 e. The van der Waals surface area contributed by atoms with Crippen LogP contribution < -0.4 is 11.1 Å². The summed E-state index contributed by atoms with van der Waals surface area (Å²) >= 11 is 0. The van der Waals surface area contributed by atoms with Gasteiger partial charge in [-0.2, -0.15) is 5.10 Å². The first-order valence-electron chi connectivity index (χ1n) is 8.57. The average Bonchev–Trinajstić information content (AvgIpc) is 3.08. The van der Waals surface area contributed by atoms with Gasteiger partial charge in [0.25, 0.3) is 0 Å². The molecule has 0 aliphatic carbocycles. The van der Waals surface area contributed by atoms with Crippen LogP contribution in [-0.4, -0.2) is 27.2 Å². The van der Waals surface area contributed by atoms with Gasteiger partial charge in [-0.3, -0.25) is 4.79 Å². The molecule has 2 heterocycles. The van der Waals surface area contributed by atoms with Gasteiger partial charge in [-0.1, -0.05) is 38.1 Å². The van der Waals surface area contributed by atoms with Crippen molar-refractivity contribution in [3.05, 3.63) is 47.5 Å². The number of rotatable bonds is 5. The molecule has 2 atom stereocenters. The Morgan fingerprint density at radius 2 is 2.00 bits per heavy atom. The minimum absolute atomic E-state index is 0. The molecule has 1 aromatic heterocycles. The standard InChI is InChI=1S/C18H25N5O.ClH/c1-12(2)13-6-8-14(9-7-13)15(19)10-20-18(24)16-4-3-5-17-21-11-22-23(16)17;/h6-9,11-12,15-16H,3-5,10,19H2,1-2H3,(H,20,24);1H. The number of nitrogens with zero attached hydrogens (tertiary/aromatic N) is 3. The molecule has 2 aromatic rings. The second-order valence-electron chi connectivity index (χ2n) is 6.70. The van der Waals surface area contributed by atoms with Crippen molar-refractivity contribution in [1.29, 1.82) is 0 Å². The van der Waals surface area contributed by atoms with Gasteiger partial charge in [-0.25, -0.2) is 9.67 Å². The number of aromatic nitrogens is 3. The Kier molecular flexibility index (Phi) is 6.56. The van der Waals surface area contributed by atoms with Gasteiger partial charge in [0.1, 0.15) is 18.2 Å². The van der Waals surface area contributed by atoms with E-state index in [9.17, 15) is 4.79 Å². The molecule has 6 nitrogen and oxygen atoms in total. The number of fused-ring (bicyclic) bond motifs is 1. The van der Waals surface area contributed by atoms with Crippen molar-refractivity contribution in [3.8, 4) is 0 Å². The van der Waals surface area contributed by atoms with Crippen LogP contribution >= 0.6 is 12.4 Å². The molecule has 1 amide bonds. The van der Waals surface area contributed by atoms with Crippen LogP contribution in [0.1, 0.15) is 61.6 Å². The molecule has 3 N–H and O–H groups in total. The van der Waals surface area contributed by atoms with Crippen molar-refractivity contribution in [2.24, 2.45) is 5.73 Å². The topological polar surface area (TPSA) is 85.8 Å². The summed E-state index contributed by atoms with van der Waals surface area (Å²) in [6, 6.07) is 7.81. The van der Waals surface area contributed by atoms with Crippen LogP contribution in [-0.2, 0) is 11.2 Å². The summed E-state index contributed by atoms with van der Waals surface area (Å²) in [6.07, 6.45) is 4.15. The largest absolute Gasteiger partial charge is 0.352 e. The monoisotopic (exact) mass is 363 g/mol. The summed E-state index contributed by atoms with van der Waals surface area (Å²) in [5, 5.41) is 7.15. The first-order chi connectivity index (χ1) is 11.6. The normalized spacial score (nSPS) is 17.5. The zero-order chi connectivity index (χ0) is 17.1. The average molecular weight is 364 g/mol. The zero-order valence-corrected chi connectivity index (χ0v) is 15.5. The third kappa shape index (κ3) is 4.38. The molecule has 25 heavy (non-hydrogen) atoms. The lowest BCUT2D eigenvalue weighted by Crippen LogP contribution is -2.39. The highest BCUT2D eigenvalue weighted by atomic mass is 35.5. The van der Waals surface area contributed by atoms with E-state index in [-0.39, 0.29) is 30.4 Å². The van der Waals surface area contributed by atoms with Gasteiger partial charge in [0, 0.05) is 19.0 Å². The first kappa shape index (κ1) is 19.4. The molecule has 1 aliphatic rings. The van der Waals surface area contributed by atoms with Crippen LogP contribution in [0.3, 0.4) is 0 Å². The lowest BCUT2D eigenvalue weighted by molar-refractivity contribution is -0.125. The van der Waals surface area contributed by atoms with Gasteiger partial charge in [0.05, 0.1) is 0 Å². The quantitative estimate of drug-likeness (QED) is 0.854. The second kappa shape index (κ2) is 8.45. The van der Waals surface area contributed by atoms with Crippen molar-refractivity contribution in [2.75, 3.05) is 6.54 Å². The molecular weight excluding hydrogens is 338 g/mol. The van der Waals surface area contributed by atoms with E-state index in [4.69, 9.17) is 5.73 Å². The fourth-order valence-corrected chi connectivity index (χ4v) is 3.11. The molecule has 1 aliphatic heterocycles. The molecule has 0 bridgehead atoms. The number of hydrogen-bond acceptors (Lipinski definition) is 4.